The first-order valence-corrected chi connectivity index (χ1v) is 11.3. The van der Waals surface area contributed by atoms with E-state index in [9.17, 15) is 9.90 Å². The Morgan fingerprint density at radius 3 is 2.37 bits per heavy atom. The number of benzene rings is 3. The Labute approximate surface area is 204 Å². The number of nitrogens with zero attached hydrogens (tertiary/aromatic N) is 2. The van der Waals surface area contributed by atoms with Gasteiger partial charge in [0, 0.05) is 11.1 Å². The molecule has 0 aliphatic rings. The number of aliphatic carboxylic acids is 1. The molecule has 180 valence electrons. The van der Waals surface area contributed by atoms with Crippen LogP contribution in [0, 0.1) is 0 Å². The number of carboxylic acid groups (broad SMARTS) is 1. The van der Waals surface area contributed by atoms with Crippen molar-refractivity contribution < 1.29 is 24.1 Å². The Balaban J connectivity index is 1.90. The second kappa shape index (κ2) is 10.8. The van der Waals surface area contributed by atoms with Gasteiger partial charge in [-0.05, 0) is 48.4 Å². The lowest BCUT2D eigenvalue weighted by molar-refractivity contribution is -0.136. The lowest BCUT2D eigenvalue weighted by Gasteiger charge is -2.14. The zero-order valence-corrected chi connectivity index (χ0v) is 20.0. The fourth-order valence-corrected chi connectivity index (χ4v) is 4.07. The molecule has 4 rings (SSSR count). The van der Waals surface area contributed by atoms with Gasteiger partial charge >= 0.3 is 5.97 Å². The first-order chi connectivity index (χ1) is 17.0. The van der Waals surface area contributed by atoms with E-state index >= 15 is 0 Å². The van der Waals surface area contributed by atoms with Crippen LogP contribution in [-0.4, -0.2) is 41.7 Å². The molecule has 1 heterocycles. The van der Waals surface area contributed by atoms with Gasteiger partial charge in [-0.1, -0.05) is 42.5 Å². The number of ether oxygens (including phenoxy) is 3. The molecule has 0 spiro atoms. The molecule has 0 atom stereocenters. The highest BCUT2D eigenvalue weighted by atomic mass is 16.5. The third-order valence-electron chi connectivity index (χ3n) is 5.61. The van der Waals surface area contributed by atoms with Crippen molar-refractivity contribution in [1.29, 1.82) is 0 Å². The Hall–Kier alpha value is -4.26. The van der Waals surface area contributed by atoms with E-state index < -0.39 is 5.97 Å². The van der Waals surface area contributed by atoms with Crippen LogP contribution in [0.2, 0.25) is 0 Å². The third kappa shape index (κ3) is 5.30. The maximum absolute atomic E-state index is 11.3. The minimum absolute atomic E-state index is 0.0826. The molecule has 0 radical (unpaired) electrons. The number of carboxylic acids is 1. The Bertz CT molecular complexity index is 1310. The molecule has 0 aliphatic heterocycles. The molecule has 0 fully saturated rings. The summed E-state index contributed by atoms with van der Waals surface area (Å²) >= 11 is 0. The highest BCUT2D eigenvalue weighted by molar-refractivity contribution is 5.78. The van der Waals surface area contributed by atoms with Crippen LogP contribution < -0.4 is 14.2 Å². The lowest BCUT2D eigenvalue weighted by Crippen LogP contribution is -2.05. The van der Waals surface area contributed by atoms with Gasteiger partial charge in [-0.2, -0.15) is 5.10 Å². The van der Waals surface area contributed by atoms with Crippen LogP contribution in [0.25, 0.3) is 22.5 Å². The number of carbonyl (C=O) groups is 1. The van der Waals surface area contributed by atoms with Gasteiger partial charge in [-0.25, -0.2) is 0 Å². The maximum Gasteiger partial charge on any atom is 0.307 e. The summed E-state index contributed by atoms with van der Waals surface area (Å²) in [7, 11) is 3.22. The van der Waals surface area contributed by atoms with Crippen molar-refractivity contribution >= 4 is 5.97 Å². The van der Waals surface area contributed by atoms with Crippen LogP contribution in [0.4, 0.5) is 0 Å². The number of aromatic nitrogens is 2. The van der Waals surface area contributed by atoms with Crippen molar-refractivity contribution in [3.05, 3.63) is 83.9 Å². The summed E-state index contributed by atoms with van der Waals surface area (Å²) < 4.78 is 19.0. The van der Waals surface area contributed by atoms with Gasteiger partial charge in [-0.15, -0.1) is 0 Å². The summed E-state index contributed by atoms with van der Waals surface area (Å²) in [6.07, 6.45) is -0.0826. The molecule has 0 bridgehead atoms. The van der Waals surface area contributed by atoms with Gasteiger partial charge in [0.25, 0.3) is 0 Å². The zero-order valence-electron chi connectivity index (χ0n) is 20.0. The van der Waals surface area contributed by atoms with Gasteiger partial charge in [0.05, 0.1) is 45.2 Å². The average molecular weight is 473 g/mol. The second-order valence-electron chi connectivity index (χ2n) is 7.93. The standard InChI is InChI=1S/C28H28N2O5/c1-4-35-25-14-13-20(16-27(31)32)15-22(25)23-17-24(21-11-8-12-26(33-2)28(21)34-3)30(29-23)18-19-9-6-5-7-10-19/h5-15,17H,4,16,18H2,1-3H3,(H,31,32). The number of methoxy groups -OCH3 is 2. The molecular formula is C28H28N2O5. The fraction of sp³-hybridized carbons (Fsp3) is 0.214. The Kier molecular flexibility index (Phi) is 7.35. The maximum atomic E-state index is 11.3. The van der Waals surface area contributed by atoms with E-state index in [1.165, 1.54) is 0 Å². The molecule has 3 aromatic carbocycles. The van der Waals surface area contributed by atoms with E-state index in [1.807, 2.05) is 72.3 Å². The molecule has 35 heavy (non-hydrogen) atoms. The van der Waals surface area contributed by atoms with Crippen LogP contribution in [0.3, 0.4) is 0 Å². The predicted molar refractivity (Wildman–Crippen MR) is 134 cm³/mol. The van der Waals surface area contributed by atoms with Crippen LogP contribution >= 0.6 is 0 Å². The minimum atomic E-state index is -0.892. The molecule has 1 N–H and O–H groups in total. The molecule has 0 amide bonds. The summed E-state index contributed by atoms with van der Waals surface area (Å²) in [4.78, 5) is 11.3. The quantitative estimate of drug-likeness (QED) is 0.337. The topological polar surface area (TPSA) is 82.8 Å². The van der Waals surface area contributed by atoms with Crippen LogP contribution in [-0.2, 0) is 17.8 Å². The predicted octanol–water partition coefficient (Wildman–Crippen LogP) is 5.31. The normalized spacial score (nSPS) is 10.7. The number of hydrogen-bond acceptors (Lipinski definition) is 5. The summed E-state index contributed by atoms with van der Waals surface area (Å²) in [5, 5.41) is 14.2. The summed E-state index contributed by atoms with van der Waals surface area (Å²) in [5.74, 6) is 0.990. The number of para-hydroxylation sites is 1. The van der Waals surface area contributed by atoms with Gasteiger partial charge in [0.2, 0.25) is 0 Å². The van der Waals surface area contributed by atoms with Gasteiger partial charge in [0.1, 0.15) is 5.75 Å². The first kappa shape index (κ1) is 23.9. The van der Waals surface area contributed by atoms with E-state index in [0.29, 0.717) is 41.7 Å². The van der Waals surface area contributed by atoms with Gasteiger partial charge in [-0.3, -0.25) is 9.48 Å². The SMILES string of the molecule is CCOc1ccc(CC(=O)O)cc1-c1cc(-c2cccc(OC)c2OC)n(Cc2ccccc2)n1. The minimum Gasteiger partial charge on any atom is -0.493 e. The summed E-state index contributed by atoms with van der Waals surface area (Å²) in [6, 6.07) is 23.2. The Morgan fingerprint density at radius 2 is 1.69 bits per heavy atom. The molecule has 0 saturated carbocycles. The molecule has 0 saturated heterocycles. The van der Waals surface area contributed by atoms with Gasteiger partial charge < -0.3 is 19.3 Å². The van der Waals surface area contributed by atoms with Crippen LogP contribution in [0.5, 0.6) is 17.2 Å². The van der Waals surface area contributed by atoms with Crippen LogP contribution in [0.1, 0.15) is 18.1 Å². The molecule has 4 aromatic rings. The van der Waals surface area contributed by atoms with Crippen molar-refractivity contribution in [2.45, 2.75) is 19.9 Å². The van der Waals surface area contributed by atoms with Crippen molar-refractivity contribution in [3.63, 3.8) is 0 Å². The fourth-order valence-electron chi connectivity index (χ4n) is 4.07. The lowest BCUT2D eigenvalue weighted by atomic mass is 10.0. The highest BCUT2D eigenvalue weighted by Crippen LogP contribution is 2.40. The summed E-state index contributed by atoms with van der Waals surface area (Å²) in [5.41, 5.74) is 4.85. The van der Waals surface area contributed by atoms with Crippen molar-refractivity contribution in [2.75, 3.05) is 20.8 Å². The van der Waals surface area contributed by atoms with Crippen molar-refractivity contribution in [1.82, 2.24) is 9.78 Å². The van der Waals surface area contributed by atoms with E-state index in [1.54, 1.807) is 26.4 Å². The van der Waals surface area contributed by atoms with Crippen molar-refractivity contribution in [2.24, 2.45) is 0 Å². The molecular weight excluding hydrogens is 444 g/mol. The van der Waals surface area contributed by atoms with E-state index in [4.69, 9.17) is 19.3 Å². The summed E-state index contributed by atoms with van der Waals surface area (Å²) in [6.45, 7) is 2.93. The van der Waals surface area contributed by atoms with Gasteiger partial charge in [0.15, 0.2) is 11.5 Å². The molecule has 0 aliphatic carbocycles. The van der Waals surface area contributed by atoms with E-state index in [2.05, 4.69) is 0 Å². The average Bonchev–Trinajstić information content (AvgIpc) is 3.28. The third-order valence-corrected chi connectivity index (χ3v) is 5.61. The van der Waals surface area contributed by atoms with E-state index in [0.717, 1.165) is 22.4 Å². The molecule has 7 nitrogen and oxygen atoms in total. The zero-order chi connectivity index (χ0) is 24.8. The Morgan fingerprint density at radius 1 is 0.886 bits per heavy atom. The smallest absolute Gasteiger partial charge is 0.307 e. The van der Waals surface area contributed by atoms with Crippen LogP contribution in [0.15, 0.2) is 72.8 Å². The molecule has 0 unspecified atom stereocenters. The molecule has 1 aromatic heterocycles. The second-order valence-corrected chi connectivity index (χ2v) is 7.93. The highest BCUT2D eigenvalue weighted by Gasteiger charge is 2.20. The number of hydrogen-bond donors (Lipinski definition) is 1. The monoisotopic (exact) mass is 472 g/mol. The molecule has 7 heteroatoms. The first-order valence-electron chi connectivity index (χ1n) is 11.3. The largest absolute Gasteiger partial charge is 0.493 e. The van der Waals surface area contributed by atoms with E-state index in [-0.39, 0.29) is 6.42 Å². The van der Waals surface area contributed by atoms with Crippen molar-refractivity contribution in [3.8, 4) is 39.8 Å². The number of rotatable bonds is 10.